The van der Waals surface area contributed by atoms with Gasteiger partial charge in [0.15, 0.2) is 5.65 Å². The lowest BCUT2D eigenvalue weighted by Gasteiger charge is -2.32. The Balaban J connectivity index is 1.37. The highest BCUT2D eigenvalue weighted by atomic mass is 16.5. The van der Waals surface area contributed by atoms with Gasteiger partial charge < -0.3 is 14.2 Å². The minimum Gasteiger partial charge on any atom is -0.371 e. The topological polar surface area (TPSA) is 81.9 Å². The second-order valence-electron chi connectivity index (χ2n) is 11.3. The Morgan fingerprint density at radius 3 is 2.19 bits per heavy atom. The Bertz CT molecular complexity index is 1170. The van der Waals surface area contributed by atoms with E-state index < -0.39 is 0 Å². The highest BCUT2D eigenvalue weighted by molar-refractivity contribution is 5.87. The molecule has 3 fully saturated rings. The maximum absolute atomic E-state index is 6.09. The molecule has 3 aliphatic rings. The largest absolute Gasteiger partial charge is 0.371 e. The number of morpholine rings is 1. The summed E-state index contributed by atoms with van der Waals surface area (Å²) in [4.78, 5) is 27.2. The van der Waals surface area contributed by atoms with Gasteiger partial charge in [-0.3, -0.25) is 9.97 Å². The zero-order chi connectivity index (χ0) is 25.2. The van der Waals surface area contributed by atoms with Gasteiger partial charge in [-0.1, -0.05) is 52.4 Å². The molecule has 5 heterocycles. The Hall–Kier alpha value is -2.61. The number of imidazole rings is 1. The van der Waals surface area contributed by atoms with Crippen molar-refractivity contribution in [1.82, 2.24) is 29.5 Å². The molecular weight excluding hydrogens is 462 g/mol. The van der Waals surface area contributed by atoms with E-state index in [9.17, 15) is 0 Å². The molecule has 0 amide bonds. The molecule has 1 aliphatic carbocycles. The van der Waals surface area contributed by atoms with Crippen molar-refractivity contribution in [2.75, 3.05) is 18.0 Å². The van der Waals surface area contributed by atoms with E-state index in [-0.39, 0.29) is 12.2 Å². The first kappa shape index (κ1) is 24.7. The average Bonchev–Trinajstić information content (AvgIpc) is 3.54. The van der Waals surface area contributed by atoms with E-state index in [1.165, 1.54) is 51.4 Å². The second kappa shape index (κ2) is 11.0. The number of fused-ring (bicyclic) bond motifs is 3. The van der Waals surface area contributed by atoms with E-state index in [2.05, 4.69) is 23.3 Å². The number of aromatic nitrogens is 6. The lowest BCUT2D eigenvalue weighted by molar-refractivity contribution is 0.0299. The monoisotopic (exact) mass is 503 g/mol. The molecule has 3 aromatic rings. The van der Waals surface area contributed by atoms with Gasteiger partial charge in [0.25, 0.3) is 0 Å². The lowest BCUT2D eigenvalue weighted by Crippen LogP contribution is -2.43. The van der Waals surface area contributed by atoms with Crippen molar-refractivity contribution in [3.8, 4) is 11.4 Å². The van der Waals surface area contributed by atoms with E-state index in [4.69, 9.17) is 29.7 Å². The number of rotatable bonds is 6. The van der Waals surface area contributed by atoms with Gasteiger partial charge in [0.2, 0.25) is 5.95 Å². The van der Waals surface area contributed by atoms with E-state index in [1.807, 2.05) is 18.7 Å². The molecule has 8 nitrogen and oxygen atoms in total. The Kier molecular flexibility index (Phi) is 7.36. The third-order valence-electron chi connectivity index (χ3n) is 8.76. The van der Waals surface area contributed by atoms with Crippen LogP contribution in [0.15, 0.2) is 18.7 Å². The van der Waals surface area contributed by atoms with Crippen molar-refractivity contribution in [2.45, 2.75) is 115 Å². The molecule has 2 atom stereocenters. The van der Waals surface area contributed by atoms with E-state index in [0.717, 1.165) is 73.0 Å². The predicted molar refractivity (Wildman–Crippen MR) is 146 cm³/mol. The first-order chi connectivity index (χ1) is 18.2. The van der Waals surface area contributed by atoms with Crippen LogP contribution < -0.4 is 4.90 Å². The molecule has 3 aromatic heterocycles. The first-order valence-electron chi connectivity index (χ1n) is 14.7. The third-order valence-corrected chi connectivity index (χ3v) is 8.76. The van der Waals surface area contributed by atoms with Gasteiger partial charge in [-0.25, -0.2) is 9.97 Å². The SMILES string of the molecule is CCC(CC)n1cnc2c(-c3cnc(C4CCCCCCCC4)cn3)nc(N3CC4CCC(C3)O4)nc21. The van der Waals surface area contributed by atoms with Crippen molar-refractivity contribution in [1.29, 1.82) is 0 Å². The molecule has 198 valence electrons. The number of hydrogen-bond acceptors (Lipinski definition) is 7. The van der Waals surface area contributed by atoms with Crippen LogP contribution in [0, 0.1) is 0 Å². The number of anilines is 1. The molecule has 1 saturated carbocycles. The van der Waals surface area contributed by atoms with Gasteiger partial charge in [0.1, 0.15) is 16.9 Å². The lowest BCUT2D eigenvalue weighted by atomic mass is 9.94. The standard InChI is InChI=1S/C29H41N7O/c1-3-21(4-2)36-19-32-27-26(33-29(34-28(27)36)35-17-22-13-14-23(18-35)37-22)25-16-30-24(15-31-25)20-11-9-7-5-6-8-10-12-20/h15-16,19-23H,3-14,17-18H2,1-2H3. The van der Waals surface area contributed by atoms with Crippen molar-refractivity contribution in [3.05, 3.63) is 24.4 Å². The predicted octanol–water partition coefficient (Wildman–Crippen LogP) is 6.23. The van der Waals surface area contributed by atoms with Crippen LogP contribution in [-0.2, 0) is 4.74 Å². The van der Waals surface area contributed by atoms with Gasteiger partial charge in [0.05, 0.1) is 30.4 Å². The highest BCUT2D eigenvalue weighted by Gasteiger charge is 2.35. The van der Waals surface area contributed by atoms with E-state index in [0.29, 0.717) is 12.0 Å². The molecule has 0 aromatic carbocycles. The summed E-state index contributed by atoms with van der Waals surface area (Å²) >= 11 is 0. The van der Waals surface area contributed by atoms with Crippen LogP contribution in [0.5, 0.6) is 0 Å². The second-order valence-corrected chi connectivity index (χ2v) is 11.3. The molecule has 8 heteroatoms. The summed E-state index contributed by atoms with van der Waals surface area (Å²) in [5, 5.41) is 0. The first-order valence-corrected chi connectivity index (χ1v) is 14.7. The van der Waals surface area contributed by atoms with Crippen molar-refractivity contribution in [2.24, 2.45) is 0 Å². The summed E-state index contributed by atoms with van der Waals surface area (Å²) < 4.78 is 8.33. The summed E-state index contributed by atoms with van der Waals surface area (Å²) in [7, 11) is 0. The van der Waals surface area contributed by atoms with Crippen molar-refractivity contribution in [3.63, 3.8) is 0 Å². The number of ether oxygens (including phenoxy) is 1. The van der Waals surface area contributed by atoms with Gasteiger partial charge >= 0.3 is 0 Å². The Labute approximate surface area is 220 Å². The van der Waals surface area contributed by atoms with E-state index in [1.54, 1.807) is 0 Å². The summed E-state index contributed by atoms with van der Waals surface area (Å²) in [6.45, 7) is 6.13. The van der Waals surface area contributed by atoms with Crippen LogP contribution in [0.1, 0.15) is 109 Å². The normalized spacial score (nSPS) is 23.4. The van der Waals surface area contributed by atoms with Gasteiger partial charge in [-0.05, 0) is 38.5 Å². The van der Waals surface area contributed by atoms with Gasteiger partial charge in [0, 0.05) is 31.2 Å². The maximum atomic E-state index is 6.09. The van der Waals surface area contributed by atoms with Crippen LogP contribution in [0.3, 0.4) is 0 Å². The third kappa shape index (κ3) is 5.09. The molecule has 37 heavy (non-hydrogen) atoms. The molecule has 2 aliphatic heterocycles. The quantitative estimate of drug-likeness (QED) is 0.394. The minimum atomic E-state index is 0.275. The van der Waals surface area contributed by atoms with Gasteiger partial charge in [-0.2, -0.15) is 4.98 Å². The molecule has 6 rings (SSSR count). The van der Waals surface area contributed by atoms with Crippen molar-refractivity contribution >= 4 is 17.1 Å². The average molecular weight is 504 g/mol. The van der Waals surface area contributed by atoms with Crippen LogP contribution >= 0.6 is 0 Å². The molecular formula is C29H41N7O. The Morgan fingerprint density at radius 2 is 1.54 bits per heavy atom. The van der Waals surface area contributed by atoms with Crippen LogP contribution in [0.25, 0.3) is 22.6 Å². The summed E-state index contributed by atoms with van der Waals surface area (Å²) in [6.07, 6.45) is 21.2. The number of nitrogens with zero attached hydrogens (tertiary/aromatic N) is 7. The smallest absolute Gasteiger partial charge is 0.228 e. The van der Waals surface area contributed by atoms with Crippen LogP contribution in [-0.4, -0.2) is 54.8 Å². The van der Waals surface area contributed by atoms with Crippen LogP contribution in [0.2, 0.25) is 0 Å². The summed E-state index contributed by atoms with van der Waals surface area (Å²) in [5.74, 6) is 1.27. The fraction of sp³-hybridized carbons (Fsp3) is 0.690. The zero-order valence-electron chi connectivity index (χ0n) is 22.5. The maximum Gasteiger partial charge on any atom is 0.228 e. The van der Waals surface area contributed by atoms with Crippen LogP contribution in [0.4, 0.5) is 5.95 Å². The molecule has 2 unspecified atom stereocenters. The fourth-order valence-electron chi connectivity index (χ4n) is 6.55. The molecule has 2 bridgehead atoms. The Morgan fingerprint density at radius 1 is 0.838 bits per heavy atom. The fourth-order valence-corrected chi connectivity index (χ4v) is 6.55. The number of hydrogen-bond donors (Lipinski definition) is 0. The zero-order valence-corrected chi connectivity index (χ0v) is 22.5. The molecule has 0 N–H and O–H groups in total. The van der Waals surface area contributed by atoms with Crippen molar-refractivity contribution < 1.29 is 4.74 Å². The molecule has 2 saturated heterocycles. The minimum absolute atomic E-state index is 0.275. The van der Waals surface area contributed by atoms with E-state index >= 15 is 0 Å². The summed E-state index contributed by atoms with van der Waals surface area (Å²) in [5.41, 5.74) is 4.41. The summed E-state index contributed by atoms with van der Waals surface area (Å²) in [6, 6.07) is 0.360. The van der Waals surface area contributed by atoms with Gasteiger partial charge in [-0.15, -0.1) is 0 Å². The molecule has 0 spiro atoms. The highest BCUT2D eigenvalue weighted by Crippen LogP contribution is 2.34. The molecule has 0 radical (unpaired) electrons.